The molecular formula is C24H32Cl2N4O2. The summed E-state index contributed by atoms with van der Waals surface area (Å²) in [6.45, 7) is 6.24. The van der Waals surface area contributed by atoms with E-state index in [2.05, 4.69) is 21.4 Å². The number of nitrogens with zero attached hydrogens (tertiary/aromatic N) is 3. The lowest BCUT2D eigenvalue weighted by atomic mass is 9.80. The van der Waals surface area contributed by atoms with Gasteiger partial charge in [0.1, 0.15) is 0 Å². The van der Waals surface area contributed by atoms with E-state index in [1.165, 1.54) is 0 Å². The Morgan fingerprint density at radius 2 is 1.97 bits per heavy atom. The molecule has 0 bridgehead atoms. The van der Waals surface area contributed by atoms with Gasteiger partial charge in [0.25, 0.3) is 0 Å². The highest BCUT2D eigenvalue weighted by molar-refractivity contribution is 6.42. The Balaban J connectivity index is 1.41. The van der Waals surface area contributed by atoms with E-state index in [-0.39, 0.29) is 12.0 Å². The molecule has 0 amide bonds. The fourth-order valence-electron chi connectivity index (χ4n) is 5.06. The Hall–Kier alpha value is -1.60. The van der Waals surface area contributed by atoms with Crippen molar-refractivity contribution >= 4 is 29.2 Å². The van der Waals surface area contributed by atoms with Crippen LogP contribution in [-0.2, 0) is 4.74 Å². The topological polar surface area (TPSA) is 59.4 Å². The molecule has 1 aromatic carbocycles. The molecule has 1 saturated carbocycles. The van der Waals surface area contributed by atoms with Gasteiger partial charge in [0.2, 0.25) is 0 Å². The van der Waals surface area contributed by atoms with Crippen molar-refractivity contribution in [1.82, 2.24) is 20.0 Å². The number of piperazine rings is 1. The molecule has 174 valence electrons. The quantitative estimate of drug-likeness (QED) is 0.558. The van der Waals surface area contributed by atoms with Crippen LogP contribution in [0.3, 0.4) is 0 Å². The Labute approximate surface area is 200 Å². The van der Waals surface area contributed by atoms with Crippen molar-refractivity contribution in [3.05, 3.63) is 51.8 Å². The van der Waals surface area contributed by atoms with Crippen molar-refractivity contribution < 1.29 is 9.53 Å². The molecule has 2 heterocycles. The third-order valence-corrected chi connectivity index (χ3v) is 7.63. The molecule has 1 saturated heterocycles. The average molecular weight is 479 g/mol. The molecule has 1 aliphatic carbocycles. The summed E-state index contributed by atoms with van der Waals surface area (Å²) < 4.78 is 7.03. The van der Waals surface area contributed by atoms with Crippen LogP contribution in [-0.4, -0.2) is 53.4 Å². The molecule has 6 nitrogen and oxygen atoms in total. The summed E-state index contributed by atoms with van der Waals surface area (Å²) in [6.07, 6.45) is 8.93. The van der Waals surface area contributed by atoms with E-state index in [4.69, 9.17) is 27.9 Å². The predicted octanol–water partition coefficient (Wildman–Crippen LogP) is 5.13. The Morgan fingerprint density at radius 1 is 1.22 bits per heavy atom. The standard InChI is InChI=1S/C24H32Cl2N4O2/c1-2-32-24(31)18-15-28-30(16-18)19-8-6-17(7-9-19)14-22(29-12-10-27-11-13-29)20-4-3-5-21(25)23(20)26/h3-5,15-17,19,22,27H,2,6-14H2,1H3. The van der Waals surface area contributed by atoms with E-state index in [1.807, 2.05) is 29.9 Å². The number of esters is 1. The third kappa shape index (κ3) is 5.48. The second kappa shape index (κ2) is 11.0. The van der Waals surface area contributed by atoms with Crippen LogP contribution in [0.4, 0.5) is 0 Å². The molecule has 0 spiro atoms. The van der Waals surface area contributed by atoms with Crippen molar-refractivity contribution in [3.63, 3.8) is 0 Å². The summed E-state index contributed by atoms with van der Waals surface area (Å²) in [5.41, 5.74) is 1.68. The zero-order chi connectivity index (χ0) is 22.5. The Kier molecular flexibility index (Phi) is 8.11. The van der Waals surface area contributed by atoms with Gasteiger partial charge in [-0.2, -0.15) is 5.10 Å². The van der Waals surface area contributed by atoms with Gasteiger partial charge in [0, 0.05) is 38.4 Å². The second-order valence-electron chi connectivity index (χ2n) is 8.78. The van der Waals surface area contributed by atoms with Gasteiger partial charge in [-0.25, -0.2) is 4.79 Å². The summed E-state index contributed by atoms with van der Waals surface area (Å²) in [5, 5.41) is 9.21. The van der Waals surface area contributed by atoms with Gasteiger partial charge in [-0.05, 0) is 56.6 Å². The minimum absolute atomic E-state index is 0.282. The van der Waals surface area contributed by atoms with Gasteiger partial charge < -0.3 is 10.1 Å². The minimum Gasteiger partial charge on any atom is -0.462 e. The summed E-state index contributed by atoms with van der Waals surface area (Å²) in [7, 11) is 0. The summed E-state index contributed by atoms with van der Waals surface area (Å²) in [6, 6.07) is 6.62. The van der Waals surface area contributed by atoms with Gasteiger partial charge in [0.15, 0.2) is 0 Å². The lowest BCUT2D eigenvalue weighted by molar-refractivity contribution is 0.0526. The fraction of sp³-hybridized carbons (Fsp3) is 0.583. The van der Waals surface area contributed by atoms with Crippen LogP contribution in [0.5, 0.6) is 0 Å². The SMILES string of the molecule is CCOC(=O)c1cnn(C2CCC(CC(c3cccc(Cl)c3Cl)N3CCNCC3)CC2)c1. The number of hydrogen-bond donors (Lipinski definition) is 1. The van der Waals surface area contributed by atoms with Crippen molar-refractivity contribution in [2.24, 2.45) is 5.92 Å². The maximum atomic E-state index is 11.9. The predicted molar refractivity (Wildman–Crippen MR) is 127 cm³/mol. The largest absolute Gasteiger partial charge is 0.462 e. The highest BCUT2D eigenvalue weighted by Gasteiger charge is 2.30. The summed E-state index contributed by atoms with van der Waals surface area (Å²) in [5.74, 6) is 0.325. The van der Waals surface area contributed by atoms with E-state index >= 15 is 0 Å². The first-order valence-electron chi connectivity index (χ1n) is 11.7. The highest BCUT2D eigenvalue weighted by atomic mass is 35.5. The number of nitrogens with one attached hydrogen (secondary N) is 1. The van der Waals surface area contributed by atoms with E-state index in [1.54, 1.807) is 6.20 Å². The van der Waals surface area contributed by atoms with Gasteiger partial charge in [-0.1, -0.05) is 35.3 Å². The lowest BCUT2D eigenvalue weighted by Crippen LogP contribution is -2.45. The number of hydrogen-bond acceptors (Lipinski definition) is 5. The molecule has 8 heteroatoms. The first-order chi connectivity index (χ1) is 15.6. The molecule has 1 N–H and O–H groups in total. The van der Waals surface area contributed by atoms with Crippen molar-refractivity contribution in [2.75, 3.05) is 32.8 Å². The molecule has 1 atom stereocenters. The molecule has 2 aliphatic rings. The molecule has 2 aromatic rings. The maximum Gasteiger partial charge on any atom is 0.341 e. The van der Waals surface area contributed by atoms with Crippen molar-refractivity contribution in [3.8, 4) is 0 Å². The van der Waals surface area contributed by atoms with Gasteiger partial charge in [-0.3, -0.25) is 9.58 Å². The van der Waals surface area contributed by atoms with E-state index in [9.17, 15) is 4.79 Å². The van der Waals surface area contributed by atoms with Gasteiger partial charge in [-0.15, -0.1) is 0 Å². The molecule has 2 fully saturated rings. The van der Waals surface area contributed by atoms with Crippen LogP contribution in [0, 0.1) is 5.92 Å². The van der Waals surface area contributed by atoms with Gasteiger partial charge >= 0.3 is 5.97 Å². The van der Waals surface area contributed by atoms with Crippen LogP contribution in [0.15, 0.2) is 30.6 Å². The number of carbonyl (C=O) groups is 1. The Morgan fingerprint density at radius 3 is 2.69 bits per heavy atom. The normalized spacial score (nSPS) is 23.1. The van der Waals surface area contributed by atoms with Crippen LogP contribution in [0.2, 0.25) is 10.0 Å². The molecule has 32 heavy (non-hydrogen) atoms. The first-order valence-corrected chi connectivity index (χ1v) is 12.4. The zero-order valence-electron chi connectivity index (χ0n) is 18.6. The monoisotopic (exact) mass is 478 g/mol. The number of benzene rings is 1. The van der Waals surface area contributed by atoms with E-state index < -0.39 is 0 Å². The van der Waals surface area contributed by atoms with Crippen LogP contribution < -0.4 is 5.32 Å². The number of halogens is 2. The molecule has 0 radical (unpaired) electrons. The lowest BCUT2D eigenvalue weighted by Gasteiger charge is -2.39. The molecule has 4 rings (SSSR count). The first kappa shape index (κ1) is 23.6. The smallest absolute Gasteiger partial charge is 0.341 e. The molecule has 1 aliphatic heterocycles. The zero-order valence-corrected chi connectivity index (χ0v) is 20.1. The number of rotatable bonds is 7. The summed E-state index contributed by atoms with van der Waals surface area (Å²) >= 11 is 13.0. The van der Waals surface area contributed by atoms with E-state index in [0.29, 0.717) is 34.2 Å². The van der Waals surface area contributed by atoms with E-state index in [0.717, 1.165) is 63.8 Å². The molecule has 1 unspecified atom stereocenters. The van der Waals surface area contributed by atoms with Crippen molar-refractivity contribution in [1.29, 1.82) is 0 Å². The van der Waals surface area contributed by atoms with Gasteiger partial charge in [0.05, 0.1) is 34.5 Å². The third-order valence-electron chi connectivity index (χ3n) is 6.79. The van der Waals surface area contributed by atoms with Crippen LogP contribution in [0.1, 0.15) is 67.0 Å². The van der Waals surface area contributed by atoms with Crippen molar-refractivity contribution in [2.45, 2.75) is 51.1 Å². The Bertz CT molecular complexity index is 905. The highest BCUT2D eigenvalue weighted by Crippen LogP contribution is 2.41. The second-order valence-corrected chi connectivity index (χ2v) is 9.57. The maximum absolute atomic E-state index is 11.9. The number of ether oxygens (including phenoxy) is 1. The number of carbonyl (C=O) groups excluding carboxylic acids is 1. The average Bonchev–Trinajstić information content (AvgIpc) is 3.31. The molecular weight excluding hydrogens is 447 g/mol. The minimum atomic E-state index is -0.301. The van der Waals surface area contributed by atoms with Crippen LogP contribution in [0.25, 0.3) is 0 Å². The molecule has 1 aromatic heterocycles. The fourth-order valence-corrected chi connectivity index (χ4v) is 5.50. The number of aromatic nitrogens is 2. The van der Waals surface area contributed by atoms with Crippen LogP contribution >= 0.6 is 23.2 Å². The summed E-state index contributed by atoms with van der Waals surface area (Å²) in [4.78, 5) is 14.5.